The third-order valence-corrected chi connectivity index (χ3v) is 5.75. The maximum Gasteiger partial charge on any atom is 0.203 e. The van der Waals surface area contributed by atoms with Gasteiger partial charge in [-0.2, -0.15) is 10.3 Å². The van der Waals surface area contributed by atoms with Gasteiger partial charge in [-0.3, -0.25) is 0 Å². The molecule has 1 unspecified atom stereocenters. The molecule has 2 heterocycles. The standard InChI is InChI=1S/C21H27N5/c22-19-14-18(20-21(23-19)25-26-24-20)17(16-11-5-2-6-12-16)13-7-10-15-8-3-1-4-9-15/h2,5-6,11-12,14-15,17H,1,3-4,7-10,13H2,(H3,22,23,24,25,26). The molecule has 1 aliphatic carbocycles. The minimum atomic E-state index is 0.276. The maximum atomic E-state index is 6.05. The number of aromatic nitrogens is 4. The van der Waals surface area contributed by atoms with Crippen LogP contribution in [0.1, 0.15) is 68.4 Å². The fourth-order valence-corrected chi connectivity index (χ4v) is 4.42. The monoisotopic (exact) mass is 349 g/mol. The second-order valence-corrected chi connectivity index (χ2v) is 7.53. The van der Waals surface area contributed by atoms with Crippen molar-refractivity contribution in [1.29, 1.82) is 0 Å². The normalized spacial score (nSPS) is 16.8. The van der Waals surface area contributed by atoms with E-state index in [-0.39, 0.29) is 5.92 Å². The summed E-state index contributed by atoms with van der Waals surface area (Å²) in [5, 5.41) is 11.2. The maximum absolute atomic E-state index is 6.05. The number of nitrogens with zero attached hydrogens (tertiary/aromatic N) is 3. The molecule has 0 radical (unpaired) electrons. The van der Waals surface area contributed by atoms with E-state index in [1.165, 1.54) is 50.5 Å². The zero-order valence-corrected chi connectivity index (χ0v) is 15.2. The number of nitrogen functional groups attached to an aromatic ring is 1. The lowest BCUT2D eigenvalue weighted by molar-refractivity contribution is 0.328. The Balaban J connectivity index is 1.59. The Morgan fingerprint density at radius 1 is 1.08 bits per heavy atom. The molecule has 1 atom stereocenters. The molecule has 2 aromatic heterocycles. The number of rotatable bonds is 6. The van der Waals surface area contributed by atoms with E-state index in [9.17, 15) is 0 Å². The lowest BCUT2D eigenvalue weighted by atomic mass is 9.82. The van der Waals surface area contributed by atoms with Crippen LogP contribution in [-0.4, -0.2) is 20.4 Å². The Labute approximate surface area is 154 Å². The molecule has 1 fully saturated rings. The van der Waals surface area contributed by atoms with E-state index in [1.807, 2.05) is 6.07 Å². The summed E-state index contributed by atoms with van der Waals surface area (Å²) in [5.41, 5.74) is 9.94. The number of pyridine rings is 1. The Hall–Kier alpha value is -2.43. The van der Waals surface area contributed by atoms with E-state index in [4.69, 9.17) is 5.73 Å². The highest BCUT2D eigenvalue weighted by Crippen LogP contribution is 2.35. The molecule has 0 aliphatic heterocycles. The summed E-state index contributed by atoms with van der Waals surface area (Å²) >= 11 is 0. The molecule has 1 saturated carbocycles. The summed E-state index contributed by atoms with van der Waals surface area (Å²) in [5.74, 6) is 1.70. The average Bonchev–Trinajstić information content (AvgIpc) is 3.15. The van der Waals surface area contributed by atoms with Crippen LogP contribution in [0.5, 0.6) is 0 Å². The van der Waals surface area contributed by atoms with E-state index in [2.05, 4.69) is 50.7 Å². The second kappa shape index (κ2) is 7.85. The van der Waals surface area contributed by atoms with Crippen LogP contribution in [0.15, 0.2) is 36.4 Å². The SMILES string of the molecule is Nc1cc(C(CCCC2CCCCC2)c2ccccc2)c2n[nH]nc2n1. The van der Waals surface area contributed by atoms with Gasteiger partial charge in [0, 0.05) is 5.92 Å². The highest BCUT2D eigenvalue weighted by molar-refractivity contribution is 5.77. The average molecular weight is 349 g/mol. The summed E-state index contributed by atoms with van der Waals surface area (Å²) in [6.45, 7) is 0. The number of nitrogens with one attached hydrogen (secondary N) is 1. The molecular weight excluding hydrogens is 322 g/mol. The molecule has 3 N–H and O–H groups in total. The van der Waals surface area contributed by atoms with E-state index in [1.54, 1.807) is 0 Å². The smallest absolute Gasteiger partial charge is 0.203 e. The van der Waals surface area contributed by atoms with Gasteiger partial charge in [-0.05, 0) is 29.5 Å². The van der Waals surface area contributed by atoms with Gasteiger partial charge >= 0.3 is 0 Å². The predicted molar refractivity (Wildman–Crippen MR) is 105 cm³/mol. The van der Waals surface area contributed by atoms with E-state index in [0.717, 1.165) is 23.4 Å². The number of nitrogens with two attached hydrogens (primary N) is 1. The van der Waals surface area contributed by atoms with Crippen LogP contribution in [0.4, 0.5) is 5.82 Å². The molecule has 0 spiro atoms. The Morgan fingerprint density at radius 2 is 1.88 bits per heavy atom. The summed E-state index contributed by atoms with van der Waals surface area (Å²) in [7, 11) is 0. The molecule has 26 heavy (non-hydrogen) atoms. The van der Waals surface area contributed by atoms with Crippen LogP contribution in [0, 0.1) is 5.92 Å². The molecule has 1 aliphatic rings. The van der Waals surface area contributed by atoms with Crippen molar-refractivity contribution in [1.82, 2.24) is 20.4 Å². The highest BCUT2D eigenvalue weighted by Gasteiger charge is 2.21. The quantitative estimate of drug-likeness (QED) is 0.668. The van der Waals surface area contributed by atoms with Crippen LogP contribution in [-0.2, 0) is 0 Å². The summed E-state index contributed by atoms with van der Waals surface area (Å²) < 4.78 is 0. The lowest BCUT2D eigenvalue weighted by Crippen LogP contribution is -2.08. The van der Waals surface area contributed by atoms with Crippen molar-refractivity contribution < 1.29 is 0 Å². The molecule has 0 saturated heterocycles. The topological polar surface area (TPSA) is 80.5 Å². The van der Waals surface area contributed by atoms with Crippen molar-refractivity contribution in [3.63, 3.8) is 0 Å². The van der Waals surface area contributed by atoms with Gasteiger partial charge in [-0.25, -0.2) is 4.98 Å². The van der Waals surface area contributed by atoms with Crippen LogP contribution in [0.3, 0.4) is 0 Å². The second-order valence-electron chi connectivity index (χ2n) is 7.53. The van der Waals surface area contributed by atoms with Gasteiger partial charge < -0.3 is 5.73 Å². The third kappa shape index (κ3) is 3.71. The van der Waals surface area contributed by atoms with Crippen molar-refractivity contribution in [2.45, 2.75) is 57.3 Å². The molecule has 1 aromatic carbocycles. The zero-order valence-electron chi connectivity index (χ0n) is 15.2. The van der Waals surface area contributed by atoms with Crippen molar-refractivity contribution in [2.75, 3.05) is 5.73 Å². The molecule has 0 amide bonds. The van der Waals surface area contributed by atoms with Gasteiger partial charge in [-0.1, -0.05) is 75.3 Å². The van der Waals surface area contributed by atoms with E-state index in [0.29, 0.717) is 11.5 Å². The van der Waals surface area contributed by atoms with Crippen LogP contribution < -0.4 is 5.73 Å². The molecule has 136 valence electrons. The Kier molecular flexibility index (Phi) is 5.14. The Morgan fingerprint density at radius 3 is 2.69 bits per heavy atom. The van der Waals surface area contributed by atoms with Crippen LogP contribution in [0.25, 0.3) is 11.2 Å². The molecule has 3 aromatic rings. The number of H-pyrrole nitrogens is 1. The summed E-state index contributed by atoms with van der Waals surface area (Å²) in [4.78, 5) is 4.30. The Bertz CT molecular complexity index is 836. The largest absolute Gasteiger partial charge is 0.384 e. The highest BCUT2D eigenvalue weighted by atomic mass is 15.3. The molecule has 5 nitrogen and oxygen atoms in total. The number of anilines is 1. The predicted octanol–water partition coefficient (Wildman–Crippen LogP) is 4.82. The molecule has 0 bridgehead atoms. The summed E-state index contributed by atoms with van der Waals surface area (Å²) in [6, 6.07) is 12.7. The fraction of sp³-hybridized carbons (Fsp3) is 0.476. The van der Waals surface area contributed by atoms with Gasteiger partial charge in [0.25, 0.3) is 0 Å². The van der Waals surface area contributed by atoms with Crippen LogP contribution in [0.2, 0.25) is 0 Å². The number of hydrogen-bond acceptors (Lipinski definition) is 4. The fourth-order valence-electron chi connectivity index (χ4n) is 4.42. The van der Waals surface area contributed by atoms with Crippen molar-refractivity contribution in [3.05, 3.63) is 47.5 Å². The van der Waals surface area contributed by atoms with Gasteiger partial charge in [0.05, 0.1) is 0 Å². The van der Waals surface area contributed by atoms with Crippen molar-refractivity contribution in [2.24, 2.45) is 5.92 Å². The molecule has 5 heteroatoms. The van der Waals surface area contributed by atoms with Crippen molar-refractivity contribution in [3.8, 4) is 0 Å². The van der Waals surface area contributed by atoms with Crippen LogP contribution >= 0.6 is 0 Å². The van der Waals surface area contributed by atoms with E-state index >= 15 is 0 Å². The first-order valence-corrected chi connectivity index (χ1v) is 9.83. The molecular formula is C21H27N5. The van der Waals surface area contributed by atoms with Gasteiger partial charge in [0.15, 0.2) is 0 Å². The minimum Gasteiger partial charge on any atom is -0.384 e. The summed E-state index contributed by atoms with van der Waals surface area (Å²) in [6.07, 6.45) is 10.7. The first kappa shape index (κ1) is 17.0. The molecule has 4 rings (SSSR count). The van der Waals surface area contributed by atoms with Gasteiger partial charge in [0.1, 0.15) is 11.3 Å². The zero-order chi connectivity index (χ0) is 17.8. The van der Waals surface area contributed by atoms with Crippen molar-refractivity contribution >= 4 is 17.0 Å². The third-order valence-electron chi connectivity index (χ3n) is 5.75. The van der Waals surface area contributed by atoms with Gasteiger partial charge in [0.2, 0.25) is 5.65 Å². The number of aromatic amines is 1. The van der Waals surface area contributed by atoms with E-state index < -0.39 is 0 Å². The van der Waals surface area contributed by atoms with Gasteiger partial charge in [-0.15, -0.1) is 5.10 Å². The number of hydrogen-bond donors (Lipinski definition) is 2. The minimum absolute atomic E-state index is 0.276. The number of benzene rings is 1. The first-order valence-electron chi connectivity index (χ1n) is 9.83. The first-order chi connectivity index (χ1) is 12.8. The number of fused-ring (bicyclic) bond motifs is 1. The lowest BCUT2D eigenvalue weighted by Gasteiger charge is -2.23.